The van der Waals surface area contributed by atoms with E-state index in [9.17, 15) is 24.6 Å². The maximum absolute atomic E-state index is 13.6. The molecule has 5 N–H and O–H groups in total. The summed E-state index contributed by atoms with van der Waals surface area (Å²) in [6.07, 6.45) is -0.459. The van der Waals surface area contributed by atoms with E-state index in [0.717, 1.165) is 16.7 Å². The van der Waals surface area contributed by atoms with Crippen LogP contribution in [0.4, 0.5) is 4.79 Å². The van der Waals surface area contributed by atoms with Gasteiger partial charge in [0, 0.05) is 7.05 Å². The minimum atomic E-state index is -0.895. The molecule has 0 aliphatic carbocycles. The molecule has 2 aromatic carbocycles. The zero-order valence-electron chi connectivity index (χ0n) is 23.2. The van der Waals surface area contributed by atoms with Gasteiger partial charge in [0.05, 0.1) is 6.04 Å². The molecule has 0 fully saturated rings. The number of aromatic nitrogens is 2. The van der Waals surface area contributed by atoms with Gasteiger partial charge in [0.25, 0.3) is 0 Å². The summed E-state index contributed by atoms with van der Waals surface area (Å²) in [4.78, 5) is 44.4. The highest BCUT2D eigenvalue weighted by Gasteiger charge is 2.33. The van der Waals surface area contributed by atoms with E-state index in [2.05, 4.69) is 15.3 Å². The van der Waals surface area contributed by atoms with Crippen molar-refractivity contribution in [2.24, 2.45) is 5.92 Å². The van der Waals surface area contributed by atoms with Crippen LogP contribution in [0.3, 0.4) is 0 Å². The van der Waals surface area contributed by atoms with Crippen LogP contribution in [-0.2, 0) is 28.0 Å². The van der Waals surface area contributed by atoms with Crippen LogP contribution in [0.1, 0.15) is 63.0 Å². The summed E-state index contributed by atoms with van der Waals surface area (Å²) < 4.78 is 5.43. The maximum Gasteiger partial charge on any atom is 0.410 e. The Balaban J connectivity index is 1.85. The van der Waals surface area contributed by atoms with Gasteiger partial charge in [-0.15, -0.1) is 0 Å². The lowest BCUT2D eigenvalue weighted by atomic mass is 9.84. The van der Waals surface area contributed by atoms with Gasteiger partial charge in [0.2, 0.25) is 11.8 Å². The number of benzene rings is 2. The molecule has 0 radical (unpaired) electrons. The summed E-state index contributed by atoms with van der Waals surface area (Å²) in [5.74, 6) is -0.998. The van der Waals surface area contributed by atoms with Crippen molar-refractivity contribution in [1.29, 1.82) is 0 Å². The number of phenols is 1. The number of amides is 2. The van der Waals surface area contributed by atoms with Crippen LogP contribution in [0.5, 0.6) is 11.6 Å². The molecule has 10 nitrogen and oxygen atoms in total. The number of likely N-dealkylation sites (N-methyl/N-ethyl adjacent to an activating group) is 1. The predicted molar refractivity (Wildman–Crippen MR) is 147 cm³/mol. The number of aromatic amines is 2. The molecule has 1 heterocycles. The lowest BCUT2D eigenvalue weighted by molar-refractivity contribution is -0.127. The number of H-pyrrole nitrogens is 2. The van der Waals surface area contributed by atoms with Gasteiger partial charge in [-0.1, -0.05) is 77.1 Å². The summed E-state index contributed by atoms with van der Waals surface area (Å²) in [5.41, 5.74) is 1.45. The summed E-state index contributed by atoms with van der Waals surface area (Å²) in [6.45, 7) is 9.60. The van der Waals surface area contributed by atoms with Gasteiger partial charge < -0.3 is 25.3 Å². The summed E-state index contributed by atoms with van der Waals surface area (Å²) in [6, 6.07) is 12.6. The number of hydrogen-bond donors (Lipinski definition) is 5. The van der Waals surface area contributed by atoms with Gasteiger partial charge >= 0.3 is 11.8 Å². The number of nitrogens with zero attached hydrogens (tertiary/aromatic N) is 1. The molecular formula is C29H38N4O6. The normalized spacial score (nSPS) is 13.1. The highest BCUT2D eigenvalue weighted by Crippen LogP contribution is 2.33. The Hall–Kier alpha value is -4.21. The molecule has 3 rings (SSSR count). The molecule has 39 heavy (non-hydrogen) atoms. The summed E-state index contributed by atoms with van der Waals surface area (Å²) >= 11 is 0. The summed E-state index contributed by atoms with van der Waals surface area (Å²) in [7, 11) is 1.50. The molecule has 0 spiro atoms. The second-order valence-corrected chi connectivity index (χ2v) is 11.0. The third-order valence-corrected chi connectivity index (χ3v) is 6.52. The Morgan fingerprint density at radius 2 is 1.69 bits per heavy atom. The highest BCUT2D eigenvalue weighted by molar-refractivity contribution is 5.86. The fourth-order valence-corrected chi connectivity index (χ4v) is 4.53. The van der Waals surface area contributed by atoms with Crippen molar-refractivity contribution in [3.05, 3.63) is 81.4 Å². The van der Waals surface area contributed by atoms with E-state index in [0.29, 0.717) is 0 Å². The first kappa shape index (κ1) is 29.3. The van der Waals surface area contributed by atoms with Crippen molar-refractivity contribution in [3.8, 4) is 11.6 Å². The van der Waals surface area contributed by atoms with Crippen LogP contribution in [0.25, 0.3) is 0 Å². The first-order valence-electron chi connectivity index (χ1n) is 12.8. The Labute approximate surface area is 228 Å². The van der Waals surface area contributed by atoms with Crippen molar-refractivity contribution in [3.63, 3.8) is 0 Å². The number of nitrogens with one attached hydrogen (secondary N) is 3. The van der Waals surface area contributed by atoms with E-state index in [1.807, 2.05) is 71.0 Å². The number of phenolic OH excluding ortho intramolecular Hbond substituents is 1. The van der Waals surface area contributed by atoms with Gasteiger partial charge in [0.1, 0.15) is 24.1 Å². The number of aromatic hydroxyl groups is 2. The Bertz CT molecular complexity index is 1340. The fraction of sp³-hybridized carbons (Fsp3) is 0.414. The van der Waals surface area contributed by atoms with Crippen molar-refractivity contribution >= 4 is 12.0 Å². The van der Waals surface area contributed by atoms with Crippen molar-refractivity contribution in [2.45, 2.75) is 65.1 Å². The molecule has 0 aliphatic heterocycles. The minimum Gasteiger partial charge on any atom is -0.508 e. The lowest BCUT2D eigenvalue weighted by Gasteiger charge is -2.31. The second kappa shape index (κ2) is 12.1. The number of carbonyl (C=O) groups is 2. The van der Waals surface area contributed by atoms with Crippen molar-refractivity contribution < 1.29 is 24.5 Å². The Kier molecular flexibility index (Phi) is 9.11. The Morgan fingerprint density at radius 3 is 2.26 bits per heavy atom. The topological polar surface area (TPSA) is 148 Å². The maximum atomic E-state index is 13.6. The van der Waals surface area contributed by atoms with E-state index in [1.165, 1.54) is 11.9 Å². The quantitative estimate of drug-likeness (QED) is 0.277. The number of rotatable bonds is 9. The Morgan fingerprint density at radius 1 is 1.03 bits per heavy atom. The SMILES string of the molecule is CC(C)C(C(=O)NC(Cc1ccc(O)c(C(C)(C)C)c1)c1[nH]c(=O)[nH]c1O)N(C)C(=O)OCc1ccccc1. The molecule has 10 heteroatoms. The lowest BCUT2D eigenvalue weighted by Crippen LogP contribution is -2.51. The van der Waals surface area contributed by atoms with Gasteiger partial charge in [-0.05, 0) is 40.5 Å². The fourth-order valence-electron chi connectivity index (χ4n) is 4.53. The van der Waals surface area contributed by atoms with E-state index in [4.69, 9.17) is 4.74 Å². The number of ether oxygens (including phenoxy) is 1. The van der Waals surface area contributed by atoms with Crippen LogP contribution in [-0.4, -0.2) is 50.2 Å². The smallest absolute Gasteiger partial charge is 0.410 e. The van der Waals surface area contributed by atoms with Crippen LogP contribution < -0.4 is 11.0 Å². The van der Waals surface area contributed by atoms with Crippen molar-refractivity contribution in [2.75, 3.05) is 7.05 Å². The van der Waals surface area contributed by atoms with Gasteiger partial charge in [0.15, 0.2) is 0 Å². The third kappa shape index (κ3) is 7.43. The first-order valence-corrected chi connectivity index (χ1v) is 12.8. The van der Waals surface area contributed by atoms with Gasteiger partial charge in [-0.3, -0.25) is 14.7 Å². The molecule has 2 atom stereocenters. The third-order valence-electron chi connectivity index (χ3n) is 6.52. The van der Waals surface area contributed by atoms with E-state index in [1.54, 1.807) is 12.1 Å². The second-order valence-electron chi connectivity index (χ2n) is 11.0. The van der Waals surface area contributed by atoms with Crippen molar-refractivity contribution in [1.82, 2.24) is 20.2 Å². The highest BCUT2D eigenvalue weighted by atomic mass is 16.6. The van der Waals surface area contributed by atoms with E-state index in [-0.39, 0.29) is 35.8 Å². The molecule has 2 amide bonds. The molecule has 3 aromatic rings. The molecule has 0 saturated carbocycles. The molecule has 2 unspecified atom stereocenters. The van der Waals surface area contributed by atoms with Crippen LogP contribution in [0, 0.1) is 5.92 Å². The average molecular weight is 539 g/mol. The van der Waals surface area contributed by atoms with Gasteiger partial charge in [-0.2, -0.15) is 0 Å². The number of hydrogen-bond acceptors (Lipinski definition) is 6. The molecule has 210 valence electrons. The minimum absolute atomic E-state index is 0.0640. The predicted octanol–water partition coefficient (Wildman–Crippen LogP) is 4.10. The van der Waals surface area contributed by atoms with E-state index < -0.39 is 35.7 Å². The monoisotopic (exact) mass is 538 g/mol. The van der Waals surface area contributed by atoms with Crippen LogP contribution in [0.15, 0.2) is 53.3 Å². The van der Waals surface area contributed by atoms with Crippen LogP contribution >= 0.6 is 0 Å². The average Bonchev–Trinajstić information content (AvgIpc) is 3.20. The molecule has 0 bridgehead atoms. The standard InChI is InChI=1S/C29H38N4O6/c1-17(2)24(33(6)28(38)39-16-18-10-8-7-9-11-18)26(36)30-21(23-25(35)32-27(37)31-23)15-19-12-13-22(34)20(14-19)29(3,4)5/h7-14,17,21,24,34-35H,15-16H2,1-6H3,(H,30,36)(H2,31,32,37). The zero-order chi connectivity index (χ0) is 28.9. The van der Waals surface area contributed by atoms with Gasteiger partial charge in [-0.25, -0.2) is 9.59 Å². The van der Waals surface area contributed by atoms with E-state index >= 15 is 0 Å². The molecule has 1 aromatic heterocycles. The summed E-state index contributed by atoms with van der Waals surface area (Å²) in [5, 5.41) is 23.6. The zero-order valence-corrected chi connectivity index (χ0v) is 23.2. The largest absolute Gasteiger partial charge is 0.508 e. The number of carbonyl (C=O) groups excluding carboxylic acids is 2. The molecule has 0 aliphatic rings. The number of imidazole rings is 1. The molecule has 0 saturated heterocycles. The van der Waals surface area contributed by atoms with Crippen LogP contribution in [0.2, 0.25) is 0 Å². The molecular weight excluding hydrogens is 500 g/mol. The first-order chi connectivity index (χ1) is 18.3.